The molecule has 8 nitrogen and oxygen atoms in total. The Kier molecular flexibility index (Phi) is 6.01. The van der Waals surface area contributed by atoms with Gasteiger partial charge in [-0.2, -0.15) is 0 Å². The van der Waals surface area contributed by atoms with Crippen molar-refractivity contribution in [2.75, 3.05) is 13.2 Å². The minimum absolute atomic E-state index is 0.158. The minimum atomic E-state index is -0.600. The van der Waals surface area contributed by atoms with Crippen molar-refractivity contribution in [3.05, 3.63) is 65.2 Å². The van der Waals surface area contributed by atoms with E-state index in [0.29, 0.717) is 16.9 Å². The Morgan fingerprint density at radius 3 is 1.87 bits per heavy atom. The summed E-state index contributed by atoms with van der Waals surface area (Å²) in [4.78, 5) is 35.9. The van der Waals surface area contributed by atoms with Crippen LogP contribution in [0.15, 0.2) is 48.5 Å². The monoisotopic (exact) mass is 426 g/mol. The average Bonchev–Trinajstić information content (AvgIpc) is 3.32. The molecule has 2 saturated heterocycles. The van der Waals surface area contributed by atoms with Crippen LogP contribution in [0.2, 0.25) is 0 Å². The maximum Gasteiger partial charge on any atom is 0.343 e. The van der Waals surface area contributed by atoms with Crippen LogP contribution in [0.5, 0.6) is 5.75 Å². The standard InChI is InChI=1S/C23H22O8/c1-13-3-5-15(6-4-13)22(25)30-17-9-7-16(8-10-17)23(26)31-19-12-28-20-18(29-14(2)24)11-27-21(19)20/h3-10,18-21H,11-12H2,1-2H3/t18-,19?,20?,21?/m1/s1. The highest BCUT2D eigenvalue weighted by Crippen LogP contribution is 2.31. The van der Waals surface area contributed by atoms with Crippen LogP contribution in [0.25, 0.3) is 0 Å². The van der Waals surface area contributed by atoms with Gasteiger partial charge < -0.3 is 23.7 Å². The van der Waals surface area contributed by atoms with Gasteiger partial charge in [0.15, 0.2) is 12.2 Å². The van der Waals surface area contributed by atoms with Crippen LogP contribution in [-0.4, -0.2) is 55.5 Å². The SMILES string of the molecule is CC(=O)O[C@@H]1COC2C(OC(=O)c3ccc(OC(=O)c4ccc(C)cc4)cc3)COC21. The lowest BCUT2D eigenvalue weighted by Crippen LogP contribution is -2.35. The Labute approximate surface area is 179 Å². The van der Waals surface area contributed by atoms with E-state index in [4.69, 9.17) is 23.7 Å². The number of fused-ring (bicyclic) bond motifs is 1. The van der Waals surface area contributed by atoms with E-state index in [9.17, 15) is 14.4 Å². The van der Waals surface area contributed by atoms with Gasteiger partial charge in [0, 0.05) is 6.92 Å². The molecular weight excluding hydrogens is 404 g/mol. The smallest absolute Gasteiger partial charge is 0.343 e. The second kappa shape index (κ2) is 8.87. The number of ether oxygens (including phenoxy) is 5. The number of benzene rings is 2. The van der Waals surface area contributed by atoms with E-state index in [-0.39, 0.29) is 13.2 Å². The highest BCUT2D eigenvalue weighted by Gasteiger charge is 2.51. The topological polar surface area (TPSA) is 97.4 Å². The lowest BCUT2D eigenvalue weighted by molar-refractivity contribution is -0.151. The molecule has 2 aliphatic heterocycles. The molecule has 0 spiro atoms. The van der Waals surface area contributed by atoms with E-state index in [2.05, 4.69) is 0 Å². The number of rotatable bonds is 5. The molecule has 0 amide bonds. The van der Waals surface area contributed by atoms with E-state index in [0.717, 1.165) is 5.56 Å². The van der Waals surface area contributed by atoms with Crippen LogP contribution in [-0.2, 0) is 23.7 Å². The summed E-state index contributed by atoms with van der Waals surface area (Å²) in [6.07, 6.45) is -2.04. The van der Waals surface area contributed by atoms with Crippen LogP contribution in [0.3, 0.4) is 0 Å². The summed E-state index contributed by atoms with van der Waals surface area (Å²) in [5.41, 5.74) is 1.78. The van der Waals surface area contributed by atoms with Gasteiger partial charge in [0.1, 0.15) is 18.0 Å². The Hall–Kier alpha value is -3.23. The molecule has 2 fully saturated rings. The number of carbonyl (C=O) groups is 3. The van der Waals surface area contributed by atoms with Gasteiger partial charge >= 0.3 is 17.9 Å². The van der Waals surface area contributed by atoms with Crippen LogP contribution < -0.4 is 4.74 Å². The van der Waals surface area contributed by atoms with E-state index in [1.54, 1.807) is 12.1 Å². The van der Waals surface area contributed by atoms with Crippen molar-refractivity contribution < 1.29 is 38.1 Å². The largest absolute Gasteiger partial charge is 0.457 e. The first-order valence-corrected chi connectivity index (χ1v) is 9.91. The summed E-state index contributed by atoms with van der Waals surface area (Å²) >= 11 is 0. The Morgan fingerprint density at radius 2 is 1.29 bits per heavy atom. The van der Waals surface area contributed by atoms with Crippen LogP contribution in [0.4, 0.5) is 0 Å². The van der Waals surface area contributed by atoms with Crippen molar-refractivity contribution >= 4 is 17.9 Å². The van der Waals surface area contributed by atoms with E-state index >= 15 is 0 Å². The molecule has 162 valence electrons. The summed E-state index contributed by atoms with van der Waals surface area (Å²) in [5, 5.41) is 0. The number of aryl methyl sites for hydroxylation is 1. The minimum Gasteiger partial charge on any atom is -0.457 e. The molecule has 0 saturated carbocycles. The molecule has 31 heavy (non-hydrogen) atoms. The van der Waals surface area contributed by atoms with E-state index < -0.39 is 42.3 Å². The number of esters is 3. The summed E-state index contributed by atoms with van der Waals surface area (Å²) in [6.45, 7) is 3.61. The highest BCUT2D eigenvalue weighted by molar-refractivity contribution is 5.92. The maximum absolute atomic E-state index is 12.5. The zero-order valence-electron chi connectivity index (χ0n) is 17.1. The van der Waals surface area contributed by atoms with Gasteiger partial charge in [-0.1, -0.05) is 17.7 Å². The van der Waals surface area contributed by atoms with Crippen molar-refractivity contribution in [1.29, 1.82) is 0 Å². The quantitative estimate of drug-likeness (QED) is 0.531. The van der Waals surface area contributed by atoms with Crippen molar-refractivity contribution in [1.82, 2.24) is 0 Å². The third-order valence-electron chi connectivity index (χ3n) is 5.13. The molecule has 2 aliphatic rings. The number of carbonyl (C=O) groups excluding carboxylic acids is 3. The fraction of sp³-hybridized carbons (Fsp3) is 0.348. The molecule has 2 aromatic carbocycles. The predicted octanol–water partition coefficient (Wildman–Crippen LogP) is 2.47. The third kappa shape index (κ3) is 4.76. The summed E-state index contributed by atoms with van der Waals surface area (Å²) < 4.78 is 27.3. The van der Waals surface area contributed by atoms with Crippen LogP contribution >= 0.6 is 0 Å². The summed E-state index contributed by atoms with van der Waals surface area (Å²) in [6, 6.07) is 13.1. The lowest BCUT2D eigenvalue weighted by Gasteiger charge is -2.17. The van der Waals surface area contributed by atoms with Crippen molar-refractivity contribution in [3.63, 3.8) is 0 Å². The van der Waals surface area contributed by atoms with Crippen molar-refractivity contribution in [2.24, 2.45) is 0 Å². The molecule has 0 radical (unpaired) electrons. The second-order valence-electron chi connectivity index (χ2n) is 7.47. The van der Waals surface area contributed by atoms with Crippen molar-refractivity contribution in [3.8, 4) is 5.75 Å². The molecule has 0 bridgehead atoms. The normalized spacial score (nSPS) is 24.3. The third-order valence-corrected chi connectivity index (χ3v) is 5.13. The molecule has 8 heteroatoms. The predicted molar refractivity (Wildman–Crippen MR) is 107 cm³/mol. The molecule has 0 aliphatic carbocycles. The van der Waals surface area contributed by atoms with E-state index in [1.165, 1.54) is 31.2 Å². The fourth-order valence-corrected chi connectivity index (χ4v) is 3.56. The van der Waals surface area contributed by atoms with Gasteiger partial charge in [0.25, 0.3) is 0 Å². The van der Waals surface area contributed by atoms with Crippen molar-refractivity contribution in [2.45, 2.75) is 38.3 Å². The van der Waals surface area contributed by atoms with Gasteiger partial charge in [-0.05, 0) is 43.3 Å². The van der Waals surface area contributed by atoms with Crippen LogP contribution in [0, 0.1) is 6.92 Å². The maximum atomic E-state index is 12.5. The van der Waals surface area contributed by atoms with Crippen LogP contribution in [0.1, 0.15) is 33.2 Å². The zero-order valence-corrected chi connectivity index (χ0v) is 17.1. The number of hydrogen-bond acceptors (Lipinski definition) is 8. The molecule has 2 heterocycles. The Bertz CT molecular complexity index is 966. The van der Waals surface area contributed by atoms with Gasteiger partial charge in [0.2, 0.25) is 0 Å². The molecule has 0 N–H and O–H groups in total. The summed E-state index contributed by atoms with van der Waals surface area (Å²) in [5.74, 6) is -1.13. The zero-order chi connectivity index (χ0) is 22.0. The molecule has 0 aromatic heterocycles. The molecule has 4 atom stereocenters. The first-order chi connectivity index (χ1) is 14.9. The van der Waals surface area contributed by atoms with Gasteiger partial charge in [0.05, 0.1) is 24.3 Å². The number of hydrogen-bond donors (Lipinski definition) is 0. The fourth-order valence-electron chi connectivity index (χ4n) is 3.56. The van der Waals surface area contributed by atoms with Gasteiger partial charge in [-0.15, -0.1) is 0 Å². The molecular formula is C23H22O8. The first-order valence-electron chi connectivity index (χ1n) is 9.91. The second-order valence-corrected chi connectivity index (χ2v) is 7.47. The molecule has 2 aromatic rings. The molecule has 3 unspecified atom stereocenters. The van der Waals surface area contributed by atoms with E-state index in [1.807, 2.05) is 19.1 Å². The Balaban J connectivity index is 1.33. The Morgan fingerprint density at radius 1 is 0.774 bits per heavy atom. The van der Waals surface area contributed by atoms with Gasteiger partial charge in [-0.3, -0.25) is 4.79 Å². The lowest BCUT2D eigenvalue weighted by atomic mass is 10.1. The average molecular weight is 426 g/mol. The highest BCUT2D eigenvalue weighted by atomic mass is 16.7. The molecule has 4 rings (SSSR count). The first kappa shape index (κ1) is 21.0. The van der Waals surface area contributed by atoms with Gasteiger partial charge in [-0.25, -0.2) is 9.59 Å². The summed E-state index contributed by atoms with van der Waals surface area (Å²) in [7, 11) is 0.